The molecule has 7 rings (SSSR count). The Morgan fingerprint density at radius 2 is 2.06 bits per heavy atom. The van der Waals surface area contributed by atoms with E-state index in [1.807, 2.05) is 18.7 Å². The number of halogens is 3. The fourth-order valence-electron chi connectivity index (χ4n) is 7.47. The lowest BCUT2D eigenvalue weighted by atomic mass is 9.95. The van der Waals surface area contributed by atoms with Crippen molar-refractivity contribution in [2.24, 2.45) is 0 Å². The first-order valence-electron chi connectivity index (χ1n) is 15.5. The number of nitrogens with two attached hydrogens (primary N) is 1. The van der Waals surface area contributed by atoms with Gasteiger partial charge in [0.15, 0.2) is 5.82 Å². The third-order valence-corrected chi connectivity index (χ3v) is 10.8. The summed E-state index contributed by atoms with van der Waals surface area (Å²) in [6.07, 6.45) is 3.85. The first-order valence-corrected chi connectivity index (χ1v) is 16.3. The topological polar surface area (TPSA) is 105 Å². The third kappa shape index (κ3) is 5.03. The van der Waals surface area contributed by atoms with Crippen LogP contribution in [0.4, 0.5) is 29.7 Å². The molecule has 3 fully saturated rings. The number of ether oxygens (including phenoxy) is 1. The summed E-state index contributed by atoms with van der Waals surface area (Å²) < 4.78 is 52.5. The van der Waals surface area contributed by atoms with E-state index < -0.39 is 23.3 Å². The average molecular weight is 663 g/mol. The van der Waals surface area contributed by atoms with Crippen LogP contribution in [0.25, 0.3) is 37.1 Å². The van der Waals surface area contributed by atoms with Gasteiger partial charge in [-0.1, -0.05) is 12.6 Å². The summed E-state index contributed by atoms with van der Waals surface area (Å²) in [5, 5.41) is 0.634. The highest BCUT2D eigenvalue weighted by Gasteiger charge is 2.49. The molecule has 6 heterocycles. The van der Waals surface area contributed by atoms with Crippen LogP contribution in [0.15, 0.2) is 31.0 Å². The van der Waals surface area contributed by atoms with Crippen LogP contribution in [-0.2, 0) is 4.79 Å². The number of alkyl halides is 1. The first-order chi connectivity index (χ1) is 22.5. The van der Waals surface area contributed by atoms with Crippen LogP contribution in [0, 0.1) is 18.2 Å². The molecule has 47 heavy (non-hydrogen) atoms. The van der Waals surface area contributed by atoms with E-state index in [9.17, 15) is 13.6 Å². The van der Waals surface area contributed by atoms with Crippen molar-refractivity contribution in [3.05, 3.63) is 54.0 Å². The van der Waals surface area contributed by atoms with E-state index in [0.29, 0.717) is 37.3 Å². The molecule has 14 heteroatoms. The molecule has 1 amide bonds. The molecule has 0 unspecified atom stereocenters. The highest BCUT2D eigenvalue weighted by atomic mass is 32.1. The van der Waals surface area contributed by atoms with Crippen LogP contribution in [0.5, 0.6) is 6.01 Å². The van der Waals surface area contributed by atoms with E-state index in [-0.39, 0.29) is 68.2 Å². The van der Waals surface area contributed by atoms with E-state index in [2.05, 4.69) is 26.3 Å². The minimum Gasteiger partial charge on any atom is -0.461 e. The van der Waals surface area contributed by atoms with Gasteiger partial charge in [-0.25, -0.2) is 18.0 Å². The Kier molecular flexibility index (Phi) is 7.71. The number of hydrogen-bond donors (Lipinski definition) is 1. The van der Waals surface area contributed by atoms with Gasteiger partial charge in [-0.15, -0.1) is 11.3 Å². The summed E-state index contributed by atoms with van der Waals surface area (Å²) in [6.45, 7) is 17.2. The molecule has 0 spiro atoms. The van der Waals surface area contributed by atoms with Crippen LogP contribution in [0.1, 0.15) is 33.1 Å². The number of carbonyl (C=O) groups excluding carboxylic acids is 1. The molecular formula is C33H33F3N8O2S. The summed E-state index contributed by atoms with van der Waals surface area (Å²) in [5.41, 5.74) is 5.62. The number of aromatic nitrogens is 3. The van der Waals surface area contributed by atoms with E-state index >= 15 is 4.39 Å². The average Bonchev–Trinajstić information content (AvgIpc) is 3.70. The van der Waals surface area contributed by atoms with Crippen molar-refractivity contribution in [1.82, 2.24) is 24.8 Å². The van der Waals surface area contributed by atoms with Crippen LogP contribution in [0.3, 0.4) is 0 Å². The number of amides is 1. The number of benzene rings is 1. The Labute approximate surface area is 273 Å². The Balaban J connectivity index is 1.36. The Morgan fingerprint density at radius 1 is 1.26 bits per heavy atom. The maximum atomic E-state index is 16.8. The number of anilines is 2. The van der Waals surface area contributed by atoms with Crippen molar-refractivity contribution < 1.29 is 22.7 Å². The van der Waals surface area contributed by atoms with Crippen molar-refractivity contribution in [3.63, 3.8) is 0 Å². The maximum Gasteiger partial charge on any atom is 0.319 e. The molecule has 0 radical (unpaired) electrons. The Morgan fingerprint density at radius 3 is 2.83 bits per heavy atom. The zero-order chi connectivity index (χ0) is 33.2. The molecule has 10 nitrogen and oxygen atoms in total. The van der Waals surface area contributed by atoms with Crippen LogP contribution in [0.2, 0.25) is 0 Å². The van der Waals surface area contributed by atoms with E-state index in [0.717, 1.165) is 30.7 Å². The number of rotatable bonds is 6. The summed E-state index contributed by atoms with van der Waals surface area (Å²) in [7, 11) is 0. The molecule has 1 aromatic carbocycles. The highest BCUT2D eigenvalue weighted by Crippen LogP contribution is 2.47. The predicted molar refractivity (Wildman–Crippen MR) is 175 cm³/mol. The number of piperazine rings is 1. The van der Waals surface area contributed by atoms with Crippen molar-refractivity contribution in [1.29, 1.82) is 0 Å². The second-order valence-corrected chi connectivity index (χ2v) is 13.7. The van der Waals surface area contributed by atoms with Gasteiger partial charge in [-0.2, -0.15) is 9.97 Å². The summed E-state index contributed by atoms with van der Waals surface area (Å²) in [4.78, 5) is 35.6. The van der Waals surface area contributed by atoms with E-state index in [4.69, 9.17) is 22.0 Å². The zero-order valence-corrected chi connectivity index (χ0v) is 26.8. The SMILES string of the molecule is [C-]#[N+]c1c(N)sc2c(F)ccc(-c3ncc4c(N5C[C@@H](C)N(C(=O)C=C)C[C@@H]5C)nc(OC[C@@]56CCCN5C[C@H](F)C6)nc4c3F)c12. The van der Waals surface area contributed by atoms with Crippen molar-refractivity contribution in [2.45, 2.75) is 56.9 Å². The molecule has 3 saturated heterocycles. The van der Waals surface area contributed by atoms with Gasteiger partial charge in [0.25, 0.3) is 0 Å². The summed E-state index contributed by atoms with van der Waals surface area (Å²) in [5.74, 6) is -1.16. The highest BCUT2D eigenvalue weighted by molar-refractivity contribution is 7.23. The number of hydrogen-bond acceptors (Lipinski definition) is 9. The normalized spacial score (nSPS) is 24.6. The molecule has 3 aliphatic heterocycles. The fraction of sp³-hybridized carbons (Fsp3) is 0.424. The molecule has 0 bridgehead atoms. The number of pyridine rings is 1. The number of nitrogens with zero attached hydrogens (tertiary/aromatic N) is 7. The molecule has 2 N–H and O–H groups in total. The molecule has 3 aromatic heterocycles. The van der Waals surface area contributed by atoms with Gasteiger partial charge in [-0.05, 0) is 45.4 Å². The Bertz CT molecular complexity index is 1980. The fourth-order valence-corrected chi connectivity index (χ4v) is 8.41. The zero-order valence-electron chi connectivity index (χ0n) is 26.0. The van der Waals surface area contributed by atoms with Gasteiger partial charge in [-0.3, -0.25) is 14.7 Å². The quantitative estimate of drug-likeness (QED) is 0.202. The van der Waals surface area contributed by atoms with Crippen LogP contribution < -0.4 is 15.4 Å². The first kappa shape index (κ1) is 31.1. The minimum atomic E-state index is -0.950. The molecule has 244 valence electrons. The lowest BCUT2D eigenvalue weighted by Gasteiger charge is -2.44. The third-order valence-electron chi connectivity index (χ3n) is 9.75. The molecule has 4 atom stereocenters. The largest absolute Gasteiger partial charge is 0.461 e. The summed E-state index contributed by atoms with van der Waals surface area (Å²) in [6, 6.07) is 2.09. The molecular weight excluding hydrogens is 629 g/mol. The van der Waals surface area contributed by atoms with Gasteiger partial charge in [0, 0.05) is 55.3 Å². The van der Waals surface area contributed by atoms with Crippen molar-refractivity contribution in [3.8, 4) is 17.3 Å². The Hall–Kier alpha value is -4.48. The molecule has 0 saturated carbocycles. The molecule has 4 aromatic rings. The lowest BCUT2D eigenvalue weighted by Crippen LogP contribution is -2.58. The number of carbonyl (C=O) groups is 1. The standard InChI is InChI=1S/C33H33F3N8O2S/c1-5-23(45)43-13-18(3)44(14-17(43)2)31-21-12-39-26(20-7-8-22(35)29-24(20)28(38-4)30(37)47-29)25(36)27(21)40-32(41-31)46-16-33-9-6-10-42(33)15-19(34)11-33/h5,7-8,12,17-19H,1,6,9-11,13-16,37H2,2-3H3/t17-,18+,19-,33+/m1/s1. The van der Waals surface area contributed by atoms with Gasteiger partial charge in [0.2, 0.25) is 11.6 Å². The number of thiophene rings is 1. The van der Waals surface area contributed by atoms with Gasteiger partial charge in [0.05, 0.1) is 27.2 Å². The minimum absolute atomic E-state index is 0.0334. The van der Waals surface area contributed by atoms with E-state index in [1.165, 1.54) is 24.4 Å². The molecule has 3 aliphatic rings. The van der Waals surface area contributed by atoms with Crippen molar-refractivity contribution >= 4 is 54.7 Å². The number of nitrogen functional groups attached to an aromatic ring is 1. The van der Waals surface area contributed by atoms with E-state index in [1.54, 1.807) is 4.90 Å². The van der Waals surface area contributed by atoms with Crippen LogP contribution >= 0.6 is 11.3 Å². The number of fused-ring (bicyclic) bond motifs is 3. The second kappa shape index (κ2) is 11.6. The predicted octanol–water partition coefficient (Wildman–Crippen LogP) is 5.88. The monoisotopic (exact) mass is 662 g/mol. The smallest absolute Gasteiger partial charge is 0.319 e. The van der Waals surface area contributed by atoms with Gasteiger partial charge >= 0.3 is 6.01 Å². The molecule has 0 aliphatic carbocycles. The summed E-state index contributed by atoms with van der Waals surface area (Å²) >= 11 is 0.923. The lowest BCUT2D eigenvalue weighted by molar-refractivity contribution is -0.128. The van der Waals surface area contributed by atoms with Crippen LogP contribution in [-0.4, -0.2) is 87.2 Å². The van der Waals surface area contributed by atoms with Crippen molar-refractivity contribution in [2.75, 3.05) is 43.4 Å². The van der Waals surface area contributed by atoms with Gasteiger partial charge in [0.1, 0.15) is 35.6 Å². The second-order valence-electron chi connectivity index (χ2n) is 12.6. The van der Waals surface area contributed by atoms with Gasteiger partial charge < -0.3 is 20.3 Å². The maximum absolute atomic E-state index is 16.8.